The first-order chi connectivity index (χ1) is 11.1. The lowest BCUT2D eigenvalue weighted by Gasteiger charge is -2.23. The highest BCUT2D eigenvalue weighted by Gasteiger charge is 2.30. The molecular formula is C16H21F3N2O3. The van der Waals surface area contributed by atoms with Crippen LogP contribution in [0.1, 0.15) is 43.9 Å². The van der Waals surface area contributed by atoms with Gasteiger partial charge in [0.15, 0.2) is 0 Å². The lowest BCUT2D eigenvalue weighted by molar-refractivity contribution is -0.138. The molecule has 24 heavy (non-hydrogen) atoms. The van der Waals surface area contributed by atoms with E-state index >= 15 is 0 Å². The third kappa shape index (κ3) is 6.47. The Morgan fingerprint density at radius 1 is 1.17 bits per heavy atom. The van der Waals surface area contributed by atoms with Crippen molar-refractivity contribution >= 4 is 12.0 Å². The first-order valence-corrected chi connectivity index (χ1v) is 7.54. The SMILES string of the molecule is CC(C)C(NC(=O)NCCCC(=O)O)c1ccc(C(F)(F)F)cc1. The van der Waals surface area contributed by atoms with Gasteiger partial charge in [-0.1, -0.05) is 26.0 Å². The molecule has 8 heteroatoms. The Morgan fingerprint density at radius 3 is 2.21 bits per heavy atom. The molecule has 0 fully saturated rings. The predicted octanol–water partition coefficient (Wildman–Crippen LogP) is 3.57. The summed E-state index contributed by atoms with van der Waals surface area (Å²) in [7, 11) is 0. The molecule has 0 saturated carbocycles. The molecule has 0 saturated heterocycles. The summed E-state index contributed by atoms with van der Waals surface area (Å²) < 4.78 is 37.8. The third-order valence-electron chi connectivity index (χ3n) is 3.40. The van der Waals surface area contributed by atoms with Crippen LogP contribution in [0.5, 0.6) is 0 Å². The molecule has 0 aliphatic heterocycles. The van der Waals surface area contributed by atoms with Crippen molar-refractivity contribution in [2.45, 2.75) is 38.9 Å². The Labute approximate surface area is 138 Å². The Hall–Kier alpha value is -2.25. The average Bonchev–Trinajstić information content (AvgIpc) is 2.48. The summed E-state index contributed by atoms with van der Waals surface area (Å²) in [5.41, 5.74) is -0.175. The number of carboxylic acids is 1. The number of benzene rings is 1. The summed E-state index contributed by atoms with van der Waals surface area (Å²) >= 11 is 0. The molecule has 3 N–H and O–H groups in total. The number of carboxylic acid groups (broad SMARTS) is 1. The van der Waals surface area contributed by atoms with E-state index in [2.05, 4.69) is 10.6 Å². The minimum absolute atomic E-state index is 0.0356. The maximum absolute atomic E-state index is 12.6. The first-order valence-electron chi connectivity index (χ1n) is 7.54. The molecule has 0 radical (unpaired) electrons. The normalized spacial score (nSPS) is 12.8. The van der Waals surface area contributed by atoms with Gasteiger partial charge in [-0.2, -0.15) is 13.2 Å². The highest BCUT2D eigenvalue weighted by molar-refractivity contribution is 5.74. The van der Waals surface area contributed by atoms with E-state index in [9.17, 15) is 22.8 Å². The van der Waals surface area contributed by atoms with Crippen molar-refractivity contribution in [2.75, 3.05) is 6.54 Å². The van der Waals surface area contributed by atoms with E-state index in [-0.39, 0.29) is 18.9 Å². The molecule has 1 aromatic rings. The van der Waals surface area contributed by atoms with Crippen molar-refractivity contribution in [3.05, 3.63) is 35.4 Å². The van der Waals surface area contributed by atoms with Crippen LogP contribution in [0.25, 0.3) is 0 Å². The number of hydrogen-bond donors (Lipinski definition) is 3. The van der Waals surface area contributed by atoms with Crippen LogP contribution in [-0.2, 0) is 11.0 Å². The van der Waals surface area contributed by atoms with E-state index in [1.165, 1.54) is 12.1 Å². The number of alkyl halides is 3. The van der Waals surface area contributed by atoms with Crippen LogP contribution >= 0.6 is 0 Å². The Balaban J connectivity index is 2.67. The summed E-state index contributed by atoms with van der Waals surface area (Å²) in [4.78, 5) is 22.2. The van der Waals surface area contributed by atoms with Gasteiger partial charge in [0.05, 0.1) is 11.6 Å². The summed E-state index contributed by atoms with van der Waals surface area (Å²) in [6.07, 6.45) is -4.15. The second-order valence-corrected chi connectivity index (χ2v) is 5.74. The minimum atomic E-state index is -4.40. The zero-order chi connectivity index (χ0) is 18.3. The van der Waals surface area contributed by atoms with Crippen molar-refractivity contribution < 1.29 is 27.9 Å². The van der Waals surface area contributed by atoms with Crippen molar-refractivity contribution in [1.82, 2.24) is 10.6 Å². The molecule has 0 aliphatic rings. The van der Waals surface area contributed by atoms with Crippen LogP contribution in [0.15, 0.2) is 24.3 Å². The van der Waals surface area contributed by atoms with E-state index in [1.54, 1.807) is 0 Å². The molecule has 5 nitrogen and oxygen atoms in total. The topological polar surface area (TPSA) is 78.4 Å². The van der Waals surface area contributed by atoms with Gasteiger partial charge in [0, 0.05) is 13.0 Å². The predicted molar refractivity (Wildman–Crippen MR) is 82.4 cm³/mol. The van der Waals surface area contributed by atoms with Crippen LogP contribution in [0.3, 0.4) is 0 Å². The smallest absolute Gasteiger partial charge is 0.416 e. The molecule has 2 amide bonds. The first kappa shape index (κ1) is 19.8. The Bertz CT molecular complexity index is 557. The summed E-state index contributed by atoms with van der Waals surface area (Å²) in [5, 5.41) is 13.8. The quantitative estimate of drug-likeness (QED) is 0.661. The number of carbonyl (C=O) groups excluding carboxylic acids is 1. The van der Waals surface area contributed by atoms with Gasteiger partial charge in [-0.3, -0.25) is 4.79 Å². The van der Waals surface area contributed by atoms with Gasteiger partial charge in [0.25, 0.3) is 0 Å². The summed E-state index contributed by atoms with van der Waals surface area (Å²) in [6, 6.07) is 3.72. The summed E-state index contributed by atoms with van der Waals surface area (Å²) in [5.74, 6) is -0.978. The molecule has 0 spiro atoms. The Morgan fingerprint density at radius 2 is 1.75 bits per heavy atom. The average molecular weight is 346 g/mol. The fraction of sp³-hybridized carbons (Fsp3) is 0.500. The number of aliphatic carboxylic acids is 1. The van der Waals surface area contributed by atoms with Crippen molar-refractivity contribution in [1.29, 1.82) is 0 Å². The van der Waals surface area contributed by atoms with Gasteiger partial charge >= 0.3 is 18.2 Å². The molecule has 1 unspecified atom stereocenters. The monoisotopic (exact) mass is 346 g/mol. The van der Waals surface area contributed by atoms with Gasteiger partial charge in [0.1, 0.15) is 0 Å². The highest BCUT2D eigenvalue weighted by atomic mass is 19.4. The molecule has 134 valence electrons. The van der Waals surface area contributed by atoms with E-state index in [1.807, 2.05) is 13.8 Å². The Kier molecular flexibility index (Phi) is 7.06. The zero-order valence-corrected chi connectivity index (χ0v) is 13.5. The molecular weight excluding hydrogens is 325 g/mol. The second kappa shape index (κ2) is 8.56. The van der Waals surface area contributed by atoms with E-state index in [0.717, 1.165) is 12.1 Å². The summed E-state index contributed by atoms with van der Waals surface area (Å²) in [6.45, 7) is 3.88. The molecule has 1 atom stereocenters. The fourth-order valence-electron chi connectivity index (χ4n) is 2.15. The van der Waals surface area contributed by atoms with Crippen LogP contribution < -0.4 is 10.6 Å². The maximum Gasteiger partial charge on any atom is 0.416 e. The van der Waals surface area contributed by atoms with Crippen molar-refractivity contribution in [3.63, 3.8) is 0 Å². The lowest BCUT2D eigenvalue weighted by Crippen LogP contribution is -2.40. The fourth-order valence-corrected chi connectivity index (χ4v) is 2.15. The number of carbonyl (C=O) groups is 2. The molecule has 1 rings (SSSR count). The second-order valence-electron chi connectivity index (χ2n) is 5.74. The number of hydrogen-bond acceptors (Lipinski definition) is 2. The minimum Gasteiger partial charge on any atom is -0.481 e. The van der Waals surface area contributed by atoms with Crippen LogP contribution in [0.2, 0.25) is 0 Å². The van der Waals surface area contributed by atoms with Crippen LogP contribution in [0, 0.1) is 5.92 Å². The van der Waals surface area contributed by atoms with Crippen LogP contribution in [-0.4, -0.2) is 23.7 Å². The standard InChI is InChI=1S/C16H21F3N2O3/c1-10(2)14(21-15(24)20-9-3-4-13(22)23)11-5-7-12(8-6-11)16(17,18)19/h5-8,10,14H,3-4,9H2,1-2H3,(H,22,23)(H2,20,21,24). The molecule has 0 bridgehead atoms. The van der Waals surface area contributed by atoms with Crippen molar-refractivity contribution in [3.8, 4) is 0 Å². The van der Waals surface area contributed by atoms with E-state index < -0.39 is 29.8 Å². The molecule has 0 heterocycles. The third-order valence-corrected chi connectivity index (χ3v) is 3.40. The van der Waals surface area contributed by atoms with Crippen LogP contribution in [0.4, 0.5) is 18.0 Å². The molecule has 0 aromatic heterocycles. The van der Waals surface area contributed by atoms with Gasteiger partial charge < -0.3 is 15.7 Å². The van der Waals surface area contributed by atoms with E-state index in [0.29, 0.717) is 12.0 Å². The van der Waals surface area contributed by atoms with Gasteiger partial charge in [-0.25, -0.2) is 4.79 Å². The largest absolute Gasteiger partial charge is 0.481 e. The van der Waals surface area contributed by atoms with Crippen molar-refractivity contribution in [2.24, 2.45) is 5.92 Å². The molecule has 0 aliphatic carbocycles. The van der Waals surface area contributed by atoms with Gasteiger partial charge in [-0.15, -0.1) is 0 Å². The number of nitrogens with one attached hydrogen (secondary N) is 2. The number of urea groups is 1. The number of rotatable bonds is 7. The van der Waals surface area contributed by atoms with Gasteiger partial charge in [-0.05, 0) is 30.0 Å². The lowest BCUT2D eigenvalue weighted by atomic mass is 9.95. The van der Waals surface area contributed by atoms with E-state index in [4.69, 9.17) is 5.11 Å². The maximum atomic E-state index is 12.6. The van der Waals surface area contributed by atoms with Gasteiger partial charge in [0.2, 0.25) is 0 Å². The zero-order valence-electron chi connectivity index (χ0n) is 13.5. The molecule has 1 aromatic carbocycles. The number of halogens is 3. The highest BCUT2D eigenvalue weighted by Crippen LogP contribution is 2.31. The number of amides is 2.